The van der Waals surface area contributed by atoms with Crippen LogP contribution in [0.3, 0.4) is 0 Å². The highest BCUT2D eigenvalue weighted by Crippen LogP contribution is 2.22. The van der Waals surface area contributed by atoms with Gasteiger partial charge in [-0.3, -0.25) is 4.79 Å². The first-order chi connectivity index (χ1) is 8.60. The van der Waals surface area contributed by atoms with Crippen LogP contribution in [-0.2, 0) is 9.53 Å². The van der Waals surface area contributed by atoms with Gasteiger partial charge in [-0.15, -0.1) is 0 Å². The predicted octanol–water partition coefficient (Wildman–Crippen LogP) is 1.58. The molecule has 0 spiro atoms. The standard InChI is InChI=1S/C13H17FN2O2/c1-8-6-9(14)2-4-11(8)16-13(17)12-5-3-10(7-15)18-12/h2,4,6,10,12H,3,5,7,15H2,1H3,(H,16,17)/t10-,12+/m1/s1. The van der Waals surface area contributed by atoms with Gasteiger partial charge < -0.3 is 15.8 Å². The molecule has 2 atom stereocenters. The lowest BCUT2D eigenvalue weighted by Gasteiger charge is -2.14. The highest BCUT2D eigenvalue weighted by atomic mass is 19.1. The summed E-state index contributed by atoms with van der Waals surface area (Å²) in [4.78, 5) is 11.9. The second-order valence-corrected chi connectivity index (χ2v) is 4.51. The number of nitrogens with one attached hydrogen (secondary N) is 1. The first-order valence-corrected chi connectivity index (χ1v) is 6.02. The number of anilines is 1. The van der Waals surface area contributed by atoms with E-state index in [1.54, 1.807) is 13.0 Å². The van der Waals surface area contributed by atoms with E-state index in [2.05, 4.69) is 5.32 Å². The fourth-order valence-corrected chi connectivity index (χ4v) is 2.05. The van der Waals surface area contributed by atoms with Gasteiger partial charge in [0, 0.05) is 12.2 Å². The maximum absolute atomic E-state index is 12.9. The van der Waals surface area contributed by atoms with Crippen LogP contribution in [0, 0.1) is 12.7 Å². The first-order valence-electron chi connectivity index (χ1n) is 6.02. The molecule has 3 N–H and O–H groups in total. The van der Waals surface area contributed by atoms with Crippen molar-refractivity contribution in [3.63, 3.8) is 0 Å². The Morgan fingerprint density at radius 3 is 2.94 bits per heavy atom. The van der Waals surface area contributed by atoms with Crippen molar-refractivity contribution in [1.82, 2.24) is 0 Å². The number of ether oxygens (including phenoxy) is 1. The zero-order valence-corrected chi connectivity index (χ0v) is 10.3. The molecule has 0 saturated carbocycles. The van der Waals surface area contributed by atoms with Crippen LogP contribution in [0.1, 0.15) is 18.4 Å². The van der Waals surface area contributed by atoms with Gasteiger partial charge in [-0.05, 0) is 43.5 Å². The van der Waals surface area contributed by atoms with Gasteiger partial charge in [0.1, 0.15) is 11.9 Å². The Kier molecular flexibility index (Phi) is 3.93. The van der Waals surface area contributed by atoms with Crippen molar-refractivity contribution in [2.24, 2.45) is 5.73 Å². The van der Waals surface area contributed by atoms with Crippen molar-refractivity contribution < 1.29 is 13.9 Å². The minimum atomic E-state index is -0.456. The van der Waals surface area contributed by atoms with Gasteiger partial charge in [0.15, 0.2) is 0 Å². The maximum atomic E-state index is 12.9. The SMILES string of the molecule is Cc1cc(F)ccc1NC(=O)[C@@H]1CC[C@H](CN)O1. The Labute approximate surface area is 105 Å². The summed E-state index contributed by atoms with van der Waals surface area (Å²) in [6, 6.07) is 4.26. The molecule has 1 aromatic carbocycles. The van der Waals surface area contributed by atoms with Crippen LogP contribution < -0.4 is 11.1 Å². The summed E-state index contributed by atoms with van der Waals surface area (Å²) in [5, 5.41) is 2.75. The fourth-order valence-electron chi connectivity index (χ4n) is 2.05. The average molecular weight is 252 g/mol. The Bertz CT molecular complexity index is 451. The minimum absolute atomic E-state index is 0.0323. The Morgan fingerprint density at radius 1 is 1.56 bits per heavy atom. The molecule has 0 unspecified atom stereocenters. The van der Waals surface area contributed by atoms with Gasteiger partial charge in [0.05, 0.1) is 6.10 Å². The number of aryl methyl sites for hydroxylation is 1. The summed E-state index contributed by atoms with van der Waals surface area (Å²) in [6.45, 7) is 2.18. The molecule has 0 bridgehead atoms. The molecule has 0 aromatic heterocycles. The third-order valence-corrected chi connectivity index (χ3v) is 3.11. The fraction of sp³-hybridized carbons (Fsp3) is 0.462. The van der Waals surface area contributed by atoms with Crippen LogP contribution in [0.2, 0.25) is 0 Å². The first kappa shape index (κ1) is 13.0. The van der Waals surface area contributed by atoms with Gasteiger partial charge >= 0.3 is 0 Å². The van der Waals surface area contributed by atoms with Crippen molar-refractivity contribution in [3.8, 4) is 0 Å². The zero-order valence-electron chi connectivity index (χ0n) is 10.3. The number of benzene rings is 1. The van der Waals surface area contributed by atoms with Gasteiger partial charge in [0.25, 0.3) is 5.91 Å². The zero-order chi connectivity index (χ0) is 13.1. The molecule has 0 radical (unpaired) electrons. The number of nitrogens with two attached hydrogens (primary N) is 1. The molecule has 0 aliphatic carbocycles. The van der Waals surface area contributed by atoms with Crippen molar-refractivity contribution in [2.45, 2.75) is 32.0 Å². The number of hydrogen-bond donors (Lipinski definition) is 2. The molecule has 1 saturated heterocycles. The number of hydrogen-bond acceptors (Lipinski definition) is 3. The summed E-state index contributed by atoms with van der Waals surface area (Å²) in [7, 11) is 0. The molecular formula is C13H17FN2O2. The second kappa shape index (κ2) is 5.46. The molecule has 1 fully saturated rings. The monoisotopic (exact) mass is 252 g/mol. The highest BCUT2D eigenvalue weighted by Gasteiger charge is 2.29. The lowest BCUT2D eigenvalue weighted by atomic mass is 10.1. The van der Waals surface area contributed by atoms with E-state index in [-0.39, 0.29) is 17.8 Å². The number of carbonyl (C=O) groups excluding carboxylic acids is 1. The highest BCUT2D eigenvalue weighted by molar-refractivity contribution is 5.94. The van der Waals surface area contributed by atoms with Crippen LogP contribution in [0.4, 0.5) is 10.1 Å². The second-order valence-electron chi connectivity index (χ2n) is 4.51. The average Bonchev–Trinajstić information content (AvgIpc) is 2.81. The lowest BCUT2D eigenvalue weighted by Crippen LogP contribution is -2.30. The van der Waals surface area contributed by atoms with E-state index in [0.29, 0.717) is 24.2 Å². The van der Waals surface area contributed by atoms with Crippen molar-refractivity contribution >= 4 is 11.6 Å². The van der Waals surface area contributed by atoms with E-state index >= 15 is 0 Å². The number of amides is 1. The summed E-state index contributed by atoms with van der Waals surface area (Å²) >= 11 is 0. The molecule has 18 heavy (non-hydrogen) atoms. The predicted molar refractivity (Wildman–Crippen MR) is 66.7 cm³/mol. The third kappa shape index (κ3) is 2.86. The minimum Gasteiger partial charge on any atom is -0.364 e. The molecule has 1 amide bonds. The molecule has 1 aromatic rings. The summed E-state index contributed by atoms with van der Waals surface area (Å²) in [5.74, 6) is -0.508. The van der Waals surface area contributed by atoms with E-state index < -0.39 is 6.10 Å². The lowest BCUT2D eigenvalue weighted by molar-refractivity contribution is -0.126. The largest absolute Gasteiger partial charge is 0.364 e. The van der Waals surface area contributed by atoms with Crippen LogP contribution in [0.25, 0.3) is 0 Å². The van der Waals surface area contributed by atoms with Gasteiger partial charge in [-0.25, -0.2) is 4.39 Å². The van der Waals surface area contributed by atoms with Gasteiger partial charge in [-0.1, -0.05) is 0 Å². The van der Waals surface area contributed by atoms with Crippen molar-refractivity contribution in [1.29, 1.82) is 0 Å². The number of halogens is 1. The van der Waals surface area contributed by atoms with E-state index in [1.807, 2.05) is 0 Å². The van der Waals surface area contributed by atoms with Crippen LogP contribution in [0.5, 0.6) is 0 Å². The molecule has 98 valence electrons. The Hall–Kier alpha value is -1.46. The topological polar surface area (TPSA) is 64.4 Å². The normalized spacial score (nSPS) is 23.1. The molecule has 1 heterocycles. The molecular weight excluding hydrogens is 235 g/mol. The van der Waals surface area contributed by atoms with E-state index in [0.717, 1.165) is 6.42 Å². The van der Waals surface area contributed by atoms with Gasteiger partial charge in [-0.2, -0.15) is 0 Å². The summed E-state index contributed by atoms with van der Waals surface area (Å²) in [5.41, 5.74) is 6.79. The third-order valence-electron chi connectivity index (χ3n) is 3.11. The molecule has 2 rings (SSSR count). The molecule has 5 heteroatoms. The summed E-state index contributed by atoms with van der Waals surface area (Å²) in [6.07, 6.45) is 0.989. The van der Waals surface area contributed by atoms with Crippen LogP contribution in [-0.4, -0.2) is 24.7 Å². The quantitative estimate of drug-likeness (QED) is 0.858. The van der Waals surface area contributed by atoms with Crippen molar-refractivity contribution in [2.75, 3.05) is 11.9 Å². The van der Waals surface area contributed by atoms with Crippen molar-refractivity contribution in [3.05, 3.63) is 29.6 Å². The van der Waals surface area contributed by atoms with E-state index in [1.165, 1.54) is 12.1 Å². The van der Waals surface area contributed by atoms with E-state index in [9.17, 15) is 9.18 Å². The smallest absolute Gasteiger partial charge is 0.253 e. The Morgan fingerprint density at radius 2 is 2.33 bits per heavy atom. The van der Waals surface area contributed by atoms with Crippen LogP contribution >= 0.6 is 0 Å². The molecule has 1 aliphatic heterocycles. The molecule has 1 aliphatic rings. The van der Waals surface area contributed by atoms with Gasteiger partial charge in [0.2, 0.25) is 0 Å². The maximum Gasteiger partial charge on any atom is 0.253 e. The number of rotatable bonds is 3. The summed E-state index contributed by atoms with van der Waals surface area (Å²) < 4.78 is 18.4. The Balaban J connectivity index is 1.99. The van der Waals surface area contributed by atoms with Crippen LogP contribution in [0.15, 0.2) is 18.2 Å². The van der Waals surface area contributed by atoms with E-state index in [4.69, 9.17) is 10.5 Å². The number of carbonyl (C=O) groups is 1. The molecule has 4 nitrogen and oxygen atoms in total.